The average molecular weight is 383 g/mol. The first-order valence-electron chi connectivity index (χ1n) is 9.50. The van der Waals surface area contributed by atoms with Crippen LogP contribution >= 0.6 is 11.6 Å². The van der Waals surface area contributed by atoms with Crippen LogP contribution < -0.4 is 4.90 Å². The van der Waals surface area contributed by atoms with E-state index in [1.54, 1.807) is 24.3 Å². The second kappa shape index (κ2) is 7.35. The molecule has 0 saturated carbocycles. The van der Waals surface area contributed by atoms with Crippen molar-refractivity contribution in [2.45, 2.75) is 32.2 Å². The van der Waals surface area contributed by atoms with Gasteiger partial charge in [-0.05, 0) is 62.1 Å². The lowest BCUT2D eigenvalue weighted by atomic mass is 9.94. The first kappa shape index (κ1) is 18.1. The molecule has 4 nitrogen and oxygen atoms in total. The average Bonchev–Trinajstić information content (AvgIpc) is 3.03. The highest BCUT2D eigenvalue weighted by atomic mass is 35.5. The molecule has 1 unspecified atom stereocenters. The van der Waals surface area contributed by atoms with E-state index in [-0.39, 0.29) is 23.8 Å². The van der Waals surface area contributed by atoms with E-state index in [0.717, 1.165) is 12.1 Å². The summed E-state index contributed by atoms with van der Waals surface area (Å²) in [7, 11) is 0. The summed E-state index contributed by atoms with van der Waals surface area (Å²) in [5, 5.41) is 0.621. The Labute approximate surface area is 164 Å². The molecule has 27 heavy (non-hydrogen) atoms. The second-order valence-electron chi connectivity index (χ2n) is 7.46. The highest BCUT2D eigenvalue weighted by Crippen LogP contribution is 2.34. The molecule has 0 N–H and O–H groups in total. The fraction of sp³-hybridized carbons (Fsp3) is 0.364. The molecule has 2 heterocycles. The summed E-state index contributed by atoms with van der Waals surface area (Å²) in [5.74, 6) is 0.191. The van der Waals surface area contributed by atoms with Crippen LogP contribution in [0.4, 0.5) is 5.69 Å². The lowest BCUT2D eigenvalue weighted by molar-refractivity contribution is -0.124. The largest absolute Gasteiger partial charge is 0.339 e. The van der Waals surface area contributed by atoms with Crippen LogP contribution in [-0.2, 0) is 11.2 Å². The first-order chi connectivity index (χ1) is 13.0. The van der Waals surface area contributed by atoms with E-state index in [2.05, 4.69) is 13.0 Å². The molecule has 2 aromatic carbocycles. The second-order valence-corrected chi connectivity index (χ2v) is 7.90. The quantitative estimate of drug-likeness (QED) is 0.782. The van der Waals surface area contributed by atoms with Crippen LogP contribution in [-0.4, -0.2) is 35.8 Å². The van der Waals surface area contributed by atoms with Crippen LogP contribution in [0.15, 0.2) is 48.5 Å². The highest BCUT2D eigenvalue weighted by molar-refractivity contribution is 6.30. The highest BCUT2D eigenvalue weighted by Gasteiger charge is 2.36. The zero-order valence-electron chi connectivity index (χ0n) is 15.4. The fourth-order valence-corrected chi connectivity index (χ4v) is 4.33. The molecular weight excluding hydrogens is 360 g/mol. The Morgan fingerprint density at radius 1 is 1.00 bits per heavy atom. The summed E-state index contributed by atoms with van der Waals surface area (Å²) < 4.78 is 0. The summed E-state index contributed by atoms with van der Waals surface area (Å²) in [6.45, 7) is 3.33. The van der Waals surface area contributed by atoms with E-state index >= 15 is 0 Å². The number of hydrogen-bond acceptors (Lipinski definition) is 2. The molecule has 0 aliphatic carbocycles. The molecule has 5 heteroatoms. The monoisotopic (exact) mass is 382 g/mol. The van der Waals surface area contributed by atoms with Crippen molar-refractivity contribution in [2.75, 3.05) is 18.0 Å². The fourth-order valence-electron chi connectivity index (χ4n) is 4.20. The van der Waals surface area contributed by atoms with Gasteiger partial charge in [0, 0.05) is 41.3 Å². The van der Waals surface area contributed by atoms with Gasteiger partial charge in [-0.2, -0.15) is 0 Å². The molecule has 1 atom stereocenters. The van der Waals surface area contributed by atoms with E-state index in [1.807, 2.05) is 28.0 Å². The zero-order valence-corrected chi connectivity index (χ0v) is 16.2. The Balaban J connectivity index is 1.41. The van der Waals surface area contributed by atoms with Gasteiger partial charge in [0.05, 0.1) is 0 Å². The number of rotatable bonds is 2. The Morgan fingerprint density at radius 3 is 2.37 bits per heavy atom. The number of para-hydroxylation sites is 1. The maximum atomic E-state index is 13.2. The van der Waals surface area contributed by atoms with Crippen LogP contribution in [0, 0.1) is 5.92 Å². The first-order valence-corrected chi connectivity index (χ1v) is 9.88. The lowest BCUT2D eigenvalue weighted by Crippen LogP contribution is -2.46. The minimum Gasteiger partial charge on any atom is -0.339 e. The van der Waals surface area contributed by atoms with Crippen molar-refractivity contribution in [3.63, 3.8) is 0 Å². The van der Waals surface area contributed by atoms with Crippen molar-refractivity contribution in [3.05, 3.63) is 64.7 Å². The predicted octanol–water partition coefficient (Wildman–Crippen LogP) is 4.17. The van der Waals surface area contributed by atoms with Crippen LogP contribution in [0.1, 0.15) is 35.7 Å². The van der Waals surface area contributed by atoms with E-state index in [9.17, 15) is 9.59 Å². The lowest BCUT2D eigenvalue weighted by Gasteiger charge is -2.34. The van der Waals surface area contributed by atoms with Gasteiger partial charge in [-0.15, -0.1) is 0 Å². The third kappa shape index (κ3) is 3.46. The van der Waals surface area contributed by atoms with Crippen LogP contribution in [0.3, 0.4) is 0 Å². The van der Waals surface area contributed by atoms with Crippen molar-refractivity contribution >= 4 is 29.1 Å². The molecule has 0 bridgehead atoms. The zero-order chi connectivity index (χ0) is 19.0. The number of amides is 2. The number of likely N-dealkylation sites (tertiary alicyclic amines) is 1. The van der Waals surface area contributed by atoms with Crippen molar-refractivity contribution in [1.29, 1.82) is 0 Å². The van der Waals surface area contributed by atoms with Gasteiger partial charge in [0.25, 0.3) is 5.91 Å². The Bertz CT molecular complexity index is 857. The van der Waals surface area contributed by atoms with Crippen molar-refractivity contribution in [3.8, 4) is 0 Å². The Kier molecular flexibility index (Phi) is 4.92. The molecule has 2 amide bonds. The molecule has 4 rings (SSSR count). The molecule has 140 valence electrons. The topological polar surface area (TPSA) is 40.6 Å². The third-order valence-electron chi connectivity index (χ3n) is 5.67. The molecule has 0 radical (unpaired) electrons. The standard InChI is InChI=1S/C22H23ClN2O2/c1-15-14-18-4-2-3-5-20(18)25(15)22(27)17-10-12-24(13-11-17)21(26)16-6-8-19(23)9-7-16/h2-9,15,17H,10-14H2,1H3. The van der Waals surface area contributed by atoms with Crippen molar-refractivity contribution < 1.29 is 9.59 Å². The normalized spacial score (nSPS) is 19.9. The third-order valence-corrected chi connectivity index (χ3v) is 5.92. The summed E-state index contributed by atoms with van der Waals surface area (Å²) >= 11 is 5.90. The van der Waals surface area contributed by atoms with Gasteiger partial charge in [-0.25, -0.2) is 0 Å². The smallest absolute Gasteiger partial charge is 0.253 e. The van der Waals surface area contributed by atoms with Crippen molar-refractivity contribution in [1.82, 2.24) is 4.90 Å². The molecule has 1 saturated heterocycles. The number of carbonyl (C=O) groups is 2. The van der Waals surface area contributed by atoms with Gasteiger partial charge < -0.3 is 9.80 Å². The van der Waals surface area contributed by atoms with Gasteiger partial charge in [0.2, 0.25) is 5.91 Å². The summed E-state index contributed by atoms with van der Waals surface area (Å²) in [6.07, 6.45) is 2.34. The number of benzene rings is 2. The Hall–Kier alpha value is -2.33. The Morgan fingerprint density at radius 2 is 1.67 bits per heavy atom. The van der Waals surface area contributed by atoms with Gasteiger partial charge >= 0.3 is 0 Å². The van der Waals surface area contributed by atoms with Gasteiger partial charge in [-0.1, -0.05) is 29.8 Å². The number of fused-ring (bicyclic) bond motifs is 1. The van der Waals surface area contributed by atoms with E-state index in [4.69, 9.17) is 11.6 Å². The molecule has 2 aromatic rings. The molecule has 0 aromatic heterocycles. The SMILES string of the molecule is CC1Cc2ccccc2N1C(=O)C1CCN(C(=O)c2ccc(Cl)cc2)CC1. The predicted molar refractivity (Wildman–Crippen MR) is 107 cm³/mol. The number of nitrogens with zero attached hydrogens (tertiary/aromatic N) is 2. The van der Waals surface area contributed by atoms with Gasteiger partial charge in [0.15, 0.2) is 0 Å². The minimum atomic E-state index is -0.0205. The van der Waals surface area contributed by atoms with Gasteiger partial charge in [0.1, 0.15) is 0 Å². The number of carbonyl (C=O) groups excluding carboxylic acids is 2. The maximum absolute atomic E-state index is 13.2. The van der Waals surface area contributed by atoms with Crippen molar-refractivity contribution in [2.24, 2.45) is 5.92 Å². The van der Waals surface area contributed by atoms with Gasteiger partial charge in [-0.3, -0.25) is 9.59 Å². The summed E-state index contributed by atoms with van der Waals surface area (Å²) in [5.41, 5.74) is 2.94. The number of hydrogen-bond donors (Lipinski definition) is 0. The molecule has 2 aliphatic rings. The van der Waals surface area contributed by atoms with E-state index < -0.39 is 0 Å². The molecule has 0 spiro atoms. The maximum Gasteiger partial charge on any atom is 0.253 e. The van der Waals surface area contributed by atoms with Crippen LogP contribution in [0.5, 0.6) is 0 Å². The minimum absolute atomic E-state index is 0.0115. The van der Waals surface area contributed by atoms with E-state index in [0.29, 0.717) is 36.5 Å². The number of anilines is 1. The number of piperidine rings is 1. The van der Waals surface area contributed by atoms with Crippen LogP contribution in [0.25, 0.3) is 0 Å². The van der Waals surface area contributed by atoms with E-state index in [1.165, 1.54) is 5.56 Å². The summed E-state index contributed by atoms with van der Waals surface area (Å²) in [6, 6.07) is 15.3. The van der Waals surface area contributed by atoms with Crippen LogP contribution in [0.2, 0.25) is 5.02 Å². The molecular formula is C22H23ClN2O2. The molecule has 2 aliphatic heterocycles. The molecule has 1 fully saturated rings. The summed E-state index contributed by atoms with van der Waals surface area (Å²) in [4.78, 5) is 29.6. The number of halogens is 1.